The summed E-state index contributed by atoms with van der Waals surface area (Å²) in [6, 6.07) is 1.39. The minimum absolute atomic E-state index is 0.0403. The molecule has 1 fully saturated rings. The molecule has 0 amide bonds. The van der Waals surface area contributed by atoms with E-state index in [4.69, 9.17) is 0 Å². The van der Waals surface area contributed by atoms with Crippen LogP contribution >= 0.6 is 0 Å². The van der Waals surface area contributed by atoms with Crippen molar-refractivity contribution >= 4 is 0 Å². The highest BCUT2D eigenvalue weighted by Crippen LogP contribution is 2.40. The predicted octanol–water partition coefficient (Wildman–Crippen LogP) is 3.35. The van der Waals surface area contributed by atoms with Gasteiger partial charge in [-0.25, -0.2) is 0 Å². The summed E-state index contributed by atoms with van der Waals surface area (Å²) >= 11 is 0. The summed E-state index contributed by atoms with van der Waals surface area (Å²) in [6.45, 7) is 0. The fraction of sp³-hybridized carbons (Fsp3) is 0.615. The average Bonchev–Trinajstić information content (AvgIpc) is 2.38. The fourth-order valence-electron chi connectivity index (χ4n) is 2.72. The molecule has 1 heterocycles. The van der Waals surface area contributed by atoms with Crippen molar-refractivity contribution in [3.8, 4) is 0 Å². The second-order valence-electron chi connectivity index (χ2n) is 4.81. The summed E-state index contributed by atoms with van der Waals surface area (Å²) in [5.74, 6) is -0.0403. The smallest absolute Gasteiger partial charge is 0.317 e. The van der Waals surface area contributed by atoms with Crippen molar-refractivity contribution < 1.29 is 13.2 Å². The largest absolute Gasteiger partial charge is 0.416 e. The van der Waals surface area contributed by atoms with Crippen LogP contribution in [0.4, 0.5) is 13.2 Å². The van der Waals surface area contributed by atoms with Crippen LogP contribution in [0, 0.1) is 0 Å². The Balaban J connectivity index is 2.27. The lowest BCUT2D eigenvalue weighted by molar-refractivity contribution is -0.138. The molecule has 1 N–H and O–H groups in total. The second-order valence-corrected chi connectivity index (χ2v) is 4.81. The molecule has 0 radical (unpaired) electrons. The first-order chi connectivity index (χ1) is 8.52. The molecule has 2 nitrogen and oxygen atoms in total. The molecule has 18 heavy (non-hydrogen) atoms. The van der Waals surface area contributed by atoms with Crippen LogP contribution in [0.15, 0.2) is 18.5 Å². The van der Waals surface area contributed by atoms with E-state index in [9.17, 15) is 13.2 Å². The standard InChI is InChI=1S/C13H17F3N2/c1-17-10-4-2-3-9(7-10)11-8-18-6-5-12(11)13(14,15)16/h5-6,8-10,17H,2-4,7H2,1H3. The Morgan fingerprint density at radius 3 is 2.78 bits per heavy atom. The minimum Gasteiger partial charge on any atom is -0.317 e. The molecular weight excluding hydrogens is 241 g/mol. The van der Waals surface area contributed by atoms with Gasteiger partial charge in [0.15, 0.2) is 0 Å². The molecule has 0 saturated heterocycles. The summed E-state index contributed by atoms with van der Waals surface area (Å²) in [4.78, 5) is 3.86. The van der Waals surface area contributed by atoms with E-state index in [1.165, 1.54) is 12.4 Å². The van der Waals surface area contributed by atoms with Crippen molar-refractivity contribution in [2.24, 2.45) is 0 Å². The Morgan fingerprint density at radius 2 is 2.11 bits per heavy atom. The van der Waals surface area contributed by atoms with Crippen LogP contribution < -0.4 is 5.32 Å². The molecule has 0 bridgehead atoms. The summed E-state index contributed by atoms with van der Waals surface area (Å²) in [6.07, 6.45) is 1.87. The summed E-state index contributed by atoms with van der Waals surface area (Å²) in [5.41, 5.74) is -0.177. The quantitative estimate of drug-likeness (QED) is 0.880. The van der Waals surface area contributed by atoms with E-state index in [0.717, 1.165) is 31.7 Å². The molecule has 100 valence electrons. The summed E-state index contributed by atoms with van der Waals surface area (Å²) in [7, 11) is 1.86. The molecule has 1 aromatic rings. The molecular formula is C13H17F3N2. The van der Waals surface area contributed by atoms with E-state index in [2.05, 4.69) is 10.3 Å². The lowest BCUT2D eigenvalue weighted by atomic mass is 9.80. The van der Waals surface area contributed by atoms with Crippen molar-refractivity contribution in [1.82, 2.24) is 10.3 Å². The van der Waals surface area contributed by atoms with Crippen LogP contribution in [0.25, 0.3) is 0 Å². The van der Waals surface area contributed by atoms with Crippen molar-refractivity contribution in [2.75, 3.05) is 7.05 Å². The van der Waals surface area contributed by atoms with Crippen LogP contribution in [-0.4, -0.2) is 18.1 Å². The Labute approximate surface area is 105 Å². The highest BCUT2D eigenvalue weighted by atomic mass is 19.4. The molecule has 1 aliphatic rings. The predicted molar refractivity (Wildman–Crippen MR) is 63.3 cm³/mol. The number of hydrogen-bond donors (Lipinski definition) is 1. The number of rotatable bonds is 2. The summed E-state index contributed by atoms with van der Waals surface area (Å²) in [5, 5.41) is 3.16. The Morgan fingerprint density at radius 1 is 1.33 bits per heavy atom. The van der Waals surface area contributed by atoms with Crippen molar-refractivity contribution in [1.29, 1.82) is 0 Å². The normalized spacial score (nSPS) is 25.1. The van der Waals surface area contributed by atoms with E-state index in [0.29, 0.717) is 11.6 Å². The van der Waals surface area contributed by atoms with Gasteiger partial charge in [-0.3, -0.25) is 4.98 Å². The van der Waals surface area contributed by atoms with E-state index < -0.39 is 11.7 Å². The first-order valence-corrected chi connectivity index (χ1v) is 6.20. The van der Waals surface area contributed by atoms with Crippen LogP contribution in [-0.2, 0) is 6.18 Å². The third-order valence-corrected chi connectivity index (χ3v) is 3.68. The lowest BCUT2D eigenvalue weighted by Gasteiger charge is -2.30. The van der Waals surface area contributed by atoms with Crippen LogP contribution in [0.1, 0.15) is 42.7 Å². The maximum absolute atomic E-state index is 12.9. The van der Waals surface area contributed by atoms with Gasteiger partial charge in [0.2, 0.25) is 0 Å². The SMILES string of the molecule is CNC1CCCC(c2cnccc2C(F)(F)F)C1. The first-order valence-electron chi connectivity index (χ1n) is 6.20. The topological polar surface area (TPSA) is 24.9 Å². The molecule has 2 unspecified atom stereocenters. The zero-order chi connectivity index (χ0) is 13.2. The van der Waals surface area contributed by atoms with Crippen molar-refractivity contribution in [2.45, 2.75) is 43.8 Å². The number of alkyl halides is 3. The molecule has 1 aliphatic carbocycles. The van der Waals surface area contributed by atoms with Gasteiger partial charge in [-0.2, -0.15) is 13.2 Å². The van der Waals surface area contributed by atoms with Crippen LogP contribution in [0.2, 0.25) is 0 Å². The van der Waals surface area contributed by atoms with Gasteiger partial charge in [-0.05, 0) is 43.9 Å². The Hall–Kier alpha value is -1.10. The maximum Gasteiger partial charge on any atom is 0.416 e. The highest BCUT2D eigenvalue weighted by molar-refractivity contribution is 5.30. The van der Waals surface area contributed by atoms with E-state index >= 15 is 0 Å². The zero-order valence-corrected chi connectivity index (χ0v) is 10.3. The van der Waals surface area contributed by atoms with E-state index in [1.807, 2.05) is 7.05 Å². The number of halogens is 3. The monoisotopic (exact) mass is 258 g/mol. The fourth-order valence-corrected chi connectivity index (χ4v) is 2.72. The van der Waals surface area contributed by atoms with Gasteiger partial charge in [0, 0.05) is 18.4 Å². The third-order valence-electron chi connectivity index (χ3n) is 3.68. The summed E-state index contributed by atoms with van der Waals surface area (Å²) < 4.78 is 38.8. The van der Waals surface area contributed by atoms with Gasteiger partial charge in [0.25, 0.3) is 0 Å². The number of pyridine rings is 1. The van der Waals surface area contributed by atoms with Gasteiger partial charge >= 0.3 is 6.18 Å². The highest BCUT2D eigenvalue weighted by Gasteiger charge is 2.36. The van der Waals surface area contributed by atoms with Gasteiger partial charge < -0.3 is 5.32 Å². The molecule has 2 atom stereocenters. The number of nitrogens with zero attached hydrogens (tertiary/aromatic N) is 1. The molecule has 0 spiro atoms. The van der Waals surface area contributed by atoms with Crippen molar-refractivity contribution in [3.63, 3.8) is 0 Å². The van der Waals surface area contributed by atoms with Gasteiger partial charge in [-0.1, -0.05) is 6.42 Å². The molecule has 0 aromatic carbocycles. The molecule has 1 saturated carbocycles. The van der Waals surface area contributed by atoms with E-state index in [-0.39, 0.29) is 5.92 Å². The van der Waals surface area contributed by atoms with Crippen LogP contribution in [0.5, 0.6) is 0 Å². The average molecular weight is 258 g/mol. The molecule has 1 aromatic heterocycles. The van der Waals surface area contributed by atoms with E-state index in [1.54, 1.807) is 0 Å². The first kappa shape index (κ1) is 13.3. The Bertz CT molecular complexity index is 403. The Kier molecular flexibility index (Phi) is 3.90. The molecule has 2 rings (SSSR count). The van der Waals surface area contributed by atoms with Gasteiger partial charge in [0.1, 0.15) is 0 Å². The lowest BCUT2D eigenvalue weighted by Crippen LogP contribution is -2.31. The number of aromatic nitrogens is 1. The molecule has 5 heteroatoms. The second kappa shape index (κ2) is 5.26. The maximum atomic E-state index is 12.9. The van der Waals surface area contributed by atoms with Crippen molar-refractivity contribution in [3.05, 3.63) is 29.6 Å². The zero-order valence-electron chi connectivity index (χ0n) is 10.3. The number of nitrogens with one attached hydrogen (secondary N) is 1. The molecule has 0 aliphatic heterocycles. The minimum atomic E-state index is -4.29. The number of hydrogen-bond acceptors (Lipinski definition) is 2. The van der Waals surface area contributed by atoms with Gasteiger partial charge in [-0.15, -0.1) is 0 Å². The third kappa shape index (κ3) is 2.83. The van der Waals surface area contributed by atoms with Gasteiger partial charge in [0.05, 0.1) is 5.56 Å². The van der Waals surface area contributed by atoms with Crippen LogP contribution in [0.3, 0.4) is 0 Å².